The first kappa shape index (κ1) is 16.5. The third-order valence-electron chi connectivity index (χ3n) is 4.56. The molecule has 2 N–H and O–H groups in total. The van der Waals surface area contributed by atoms with Gasteiger partial charge in [-0.25, -0.2) is 0 Å². The SMILES string of the molecule is CC(C)CC(CN)Cc1nc(C2CCCCCCC2)no1. The lowest BCUT2D eigenvalue weighted by Crippen LogP contribution is -2.19. The van der Waals surface area contributed by atoms with Gasteiger partial charge in [0, 0.05) is 12.3 Å². The summed E-state index contributed by atoms with van der Waals surface area (Å²) in [6.07, 6.45) is 11.1. The number of hydrogen-bond donors (Lipinski definition) is 1. The van der Waals surface area contributed by atoms with E-state index in [0.717, 1.165) is 24.6 Å². The molecule has 0 aromatic carbocycles. The molecule has 120 valence electrons. The summed E-state index contributed by atoms with van der Waals surface area (Å²) < 4.78 is 5.49. The van der Waals surface area contributed by atoms with Crippen LogP contribution in [0.15, 0.2) is 4.52 Å². The highest BCUT2D eigenvalue weighted by molar-refractivity contribution is 4.96. The number of nitrogens with zero attached hydrogens (tertiary/aromatic N) is 2. The van der Waals surface area contributed by atoms with Crippen LogP contribution in [-0.2, 0) is 6.42 Å². The first-order valence-electron chi connectivity index (χ1n) is 8.71. The second kappa shape index (κ2) is 8.52. The highest BCUT2D eigenvalue weighted by atomic mass is 16.5. The second-order valence-electron chi connectivity index (χ2n) is 7.02. The Hall–Kier alpha value is -0.900. The van der Waals surface area contributed by atoms with Crippen LogP contribution >= 0.6 is 0 Å². The number of nitrogens with two attached hydrogens (primary N) is 1. The van der Waals surface area contributed by atoms with E-state index in [2.05, 4.69) is 24.0 Å². The monoisotopic (exact) mass is 293 g/mol. The van der Waals surface area contributed by atoms with Crippen molar-refractivity contribution in [2.45, 2.75) is 77.6 Å². The minimum atomic E-state index is 0.454. The molecule has 1 saturated carbocycles. The highest BCUT2D eigenvalue weighted by Crippen LogP contribution is 2.29. The molecule has 4 nitrogen and oxygen atoms in total. The van der Waals surface area contributed by atoms with Crippen molar-refractivity contribution in [3.8, 4) is 0 Å². The van der Waals surface area contributed by atoms with Gasteiger partial charge in [-0.2, -0.15) is 4.98 Å². The van der Waals surface area contributed by atoms with Gasteiger partial charge in [-0.1, -0.05) is 51.1 Å². The van der Waals surface area contributed by atoms with Crippen LogP contribution < -0.4 is 5.73 Å². The van der Waals surface area contributed by atoms with E-state index in [1.54, 1.807) is 0 Å². The molecule has 1 aromatic rings. The van der Waals surface area contributed by atoms with Crippen LogP contribution in [0.2, 0.25) is 0 Å². The standard InChI is InChI=1S/C17H31N3O/c1-13(2)10-14(12-18)11-16-19-17(20-21-16)15-8-6-4-3-5-7-9-15/h13-15H,3-12,18H2,1-2H3. The van der Waals surface area contributed by atoms with Gasteiger partial charge in [0.1, 0.15) is 0 Å². The average Bonchev–Trinajstić information content (AvgIpc) is 2.85. The van der Waals surface area contributed by atoms with Crippen LogP contribution in [-0.4, -0.2) is 16.7 Å². The molecular formula is C17H31N3O. The van der Waals surface area contributed by atoms with Crippen LogP contribution in [0.1, 0.15) is 82.8 Å². The van der Waals surface area contributed by atoms with Gasteiger partial charge in [0.25, 0.3) is 0 Å². The molecule has 1 fully saturated rings. The molecule has 0 bridgehead atoms. The smallest absolute Gasteiger partial charge is 0.226 e. The van der Waals surface area contributed by atoms with Gasteiger partial charge in [-0.15, -0.1) is 0 Å². The molecule has 1 unspecified atom stereocenters. The average molecular weight is 293 g/mol. The predicted molar refractivity (Wildman–Crippen MR) is 85.1 cm³/mol. The van der Waals surface area contributed by atoms with Crippen molar-refractivity contribution in [2.75, 3.05) is 6.54 Å². The molecule has 1 heterocycles. The van der Waals surface area contributed by atoms with E-state index in [9.17, 15) is 0 Å². The van der Waals surface area contributed by atoms with Crippen molar-refractivity contribution in [2.24, 2.45) is 17.6 Å². The van der Waals surface area contributed by atoms with Crippen LogP contribution in [0, 0.1) is 11.8 Å². The summed E-state index contributed by atoms with van der Waals surface area (Å²) in [5.41, 5.74) is 5.87. The lowest BCUT2D eigenvalue weighted by atomic mass is 9.90. The first-order valence-corrected chi connectivity index (χ1v) is 8.71. The quantitative estimate of drug-likeness (QED) is 0.859. The molecule has 1 atom stereocenters. The molecule has 0 radical (unpaired) electrons. The normalized spacial score (nSPS) is 19.4. The zero-order valence-electron chi connectivity index (χ0n) is 13.7. The van der Waals surface area contributed by atoms with E-state index in [1.165, 1.54) is 44.9 Å². The van der Waals surface area contributed by atoms with Crippen LogP contribution in [0.25, 0.3) is 0 Å². The Morgan fingerprint density at radius 2 is 1.81 bits per heavy atom. The molecule has 4 heteroatoms. The fourth-order valence-electron chi connectivity index (χ4n) is 3.41. The van der Waals surface area contributed by atoms with Crippen LogP contribution in [0.5, 0.6) is 0 Å². The fraction of sp³-hybridized carbons (Fsp3) is 0.882. The maximum Gasteiger partial charge on any atom is 0.226 e. The van der Waals surface area contributed by atoms with Gasteiger partial charge in [0.15, 0.2) is 5.82 Å². The van der Waals surface area contributed by atoms with E-state index in [-0.39, 0.29) is 0 Å². The fourth-order valence-corrected chi connectivity index (χ4v) is 3.41. The summed E-state index contributed by atoms with van der Waals surface area (Å²) in [6, 6.07) is 0. The van der Waals surface area contributed by atoms with Gasteiger partial charge in [-0.3, -0.25) is 0 Å². The summed E-state index contributed by atoms with van der Waals surface area (Å²) >= 11 is 0. The van der Waals surface area contributed by atoms with Crippen molar-refractivity contribution in [1.82, 2.24) is 10.1 Å². The molecule has 1 aromatic heterocycles. The Bertz CT molecular complexity index is 394. The molecule has 0 amide bonds. The summed E-state index contributed by atoms with van der Waals surface area (Å²) in [7, 11) is 0. The topological polar surface area (TPSA) is 64.9 Å². The molecule has 2 rings (SSSR count). The van der Waals surface area contributed by atoms with Crippen LogP contribution in [0.4, 0.5) is 0 Å². The Labute approximate surface area is 128 Å². The maximum atomic E-state index is 5.87. The lowest BCUT2D eigenvalue weighted by Gasteiger charge is -2.16. The van der Waals surface area contributed by atoms with Crippen molar-refractivity contribution in [3.63, 3.8) is 0 Å². The zero-order valence-corrected chi connectivity index (χ0v) is 13.7. The molecule has 1 aliphatic rings. The molecule has 1 aliphatic carbocycles. The van der Waals surface area contributed by atoms with Gasteiger partial charge >= 0.3 is 0 Å². The number of aromatic nitrogens is 2. The summed E-state index contributed by atoms with van der Waals surface area (Å²) in [5.74, 6) is 3.33. The second-order valence-corrected chi connectivity index (χ2v) is 7.02. The zero-order chi connectivity index (χ0) is 15.1. The van der Waals surface area contributed by atoms with E-state index >= 15 is 0 Å². The van der Waals surface area contributed by atoms with Gasteiger partial charge < -0.3 is 10.3 Å². The molecule has 0 saturated heterocycles. The minimum Gasteiger partial charge on any atom is -0.339 e. The Morgan fingerprint density at radius 1 is 1.14 bits per heavy atom. The number of hydrogen-bond acceptors (Lipinski definition) is 4. The molecule has 21 heavy (non-hydrogen) atoms. The summed E-state index contributed by atoms with van der Waals surface area (Å²) in [4.78, 5) is 4.67. The van der Waals surface area contributed by atoms with E-state index < -0.39 is 0 Å². The Kier molecular flexibility index (Phi) is 6.68. The first-order chi connectivity index (χ1) is 10.2. The Balaban J connectivity index is 1.92. The van der Waals surface area contributed by atoms with E-state index in [4.69, 9.17) is 10.3 Å². The van der Waals surface area contributed by atoms with Gasteiger partial charge in [-0.05, 0) is 37.6 Å². The lowest BCUT2D eigenvalue weighted by molar-refractivity contribution is 0.326. The predicted octanol–water partition coefficient (Wildman–Crippen LogP) is 4.06. The van der Waals surface area contributed by atoms with Crippen LogP contribution in [0.3, 0.4) is 0 Å². The largest absolute Gasteiger partial charge is 0.339 e. The maximum absolute atomic E-state index is 5.87. The van der Waals surface area contributed by atoms with Crippen molar-refractivity contribution in [1.29, 1.82) is 0 Å². The van der Waals surface area contributed by atoms with Crippen molar-refractivity contribution in [3.05, 3.63) is 11.7 Å². The Morgan fingerprint density at radius 3 is 2.43 bits per heavy atom. The van der Waals surface area contributed by atoms with Crippen molar-refractivity contribution < 1.29 is 4.52 Å². The van der Waals surface area contributed by atoms with Crippen molar-refractivity contribution >= 4 is 0 Å². The third-order valence-corrected chi connectivity index (χ3v) is 4.56. The third kappa shape index (κ3) is 5.42. The molecule has 0 aliphatic heterocycles. The van der Waals surface area contributed by atoms with Gasteiger partial charge in [0.05, 0.1) is 0 Å². The van der Waals surface area contributed by atoms with Gasteiger partial charge in [0.2, 0.25) is 5.89 Å². The number of rotatable bonds is 6. The summed E-state index contributed by atoms with van der Waals surface area (Å²) in [5, 5.41) is 4.25. The molecular weight excluding hydrogens is 262 g/mol. The summed E-state index contributed by atoms with van der Waals surface area (Å²) in [6.45, 7) is 5.16. The molecule has 0 spiro atoms. The van der Waals surface area contributed by atoms with E-state index in [1.807, 2.05) is 0 Å². The van der Waals surface area contributed by atoms with E-state index in [0.29, 0.717) is 24.3 Å². The highest BCUT2D eigenvalue weighted by Gasteiger charge is 2.21. The minimum absolute atomic E-state index is 0.454.